The fraction of sp³-hybridized carbons (Fsp3) is 0.474. The van der Waals surface area contributed by atoms with E-state index in [1.807, 2.05) is 31.2 Å². The molecule has 1 heterocycles. The van der Waals surface area contributed by atoms with Crippen LogP contribution >= 0.6 is 11.3 Å². The smallest absolute Gasteiger partial charge is 0.252 e. The molecule has 1 atom stereocenters. The first-order valence-corrected chi connectivity index (χ1v) is 9.57. The summed E-state index contributed by atoms with van der Waals surface area (Å²) in [5.74, 6) is 0.276. The number of nitrogens with zero attached hydrogens (tertiary/aromatic N) is 1. The van der Waals surface area contributed by atoms with Gasteiger partial charge in [0.25, 0.3) is 5.91 Å². The minimum absolute atomic E-state index is 0.0533. The summed E-state index contributed by atoms with van der Waals surface area (Å²) in [7, 11) is 0. The Morgan fingerprint density at radius 2 is 2.16 bits per heavy atom. The van der Waals surface area contributed by atoms with Crippen molar-refractivity contribution in [3.63, 3.8) is 0 Å². The number of hydrogen-bond acceptors (Lipinski definition) is 5. The molecule has 0 aliphatic heterocycles. The zero-order valence-electron chi connectivity index (χ0n) is 14.5. The number of carbonyl (C=O) groups excluding carboxylic acids is 1. The molecule has 1 aromatic heterocycles. The lowest BCUT2D eigenvalue weighted by atomic mass is 10.0. The lowest BCUT2D eigenvalue weighted by Gasteiger charge is -2.13. The molecule has 0 spiro atoms. The maximum atomic E-state index is 12.0. The molecule has 1 aliphatic rings. The zero-order chi connectivity index (χ0) is 17.6. The fourth-order valence-corrected chi connectivity index (χ4v) is 4.04. The predicted octanol–water partition coefficient (Wildman–Crippen LogP) is 2.43. The summed E-state index contributed by atoms with van der Waals surface area (Å²) in [6.07, 6.45) is 4.21. The van der Waals surface area contributed by atoms with Crippen LogP contribution in [0.1, 0.15) is 34.0 Å². The van der Waals surface area contributed by atoms with E-state index in [-0.39, 0.29) is 6.61 Å². The van der Waals surface area contributed by atoms with E-state index in [1.54, 1.807) is 11.3 Å². The molecular weight excluding hydrogens is 336 g/mol. The highest BCUT2D eigenvalue weighted by molar-refractivity contribution is 7.11. The number of nitrogens with one attached hydrogen (secondary N) is 1. The SMILES string of the molecule is Cc1ccccc1OCC(O)C(=O)NCCc1nc2c(s1)CCCC2. The summed E-state index contributed by atoms with van der Waals surface area (Å²) in [6, 6.07) is 7.53. The molecule has 1 unspecified atom stereocenters. The van der Waals surface area contributed by atoms with Gasteiger partial charge in [0, 0.05) is 17.8 Å². The van der Waals surface area contributed by atoms with Gasteiger partial charge in [-0.15, -0.1) is 11.3 Å². The molecule has 3 rings (SSSR count). The Balaban J connectivity index is 1.41. The van der Waals surface area contributed by atoms with Gasteiger partial charge >= 0.3 is 0 Å². The highest BCUT2D eigenvalue weighted by Crippen LogP contribution is 2.26. The van der Waals surface area contributed by atoms with Crippen molar-refractivity contribution in [3.05, 3.63) is 45.4 Å². The Kier molecular flexibility index (Phi) is 6.04. The lowest BCUT2D eigenvalue weighted by molar-refractivity contribution is -0.130. The maximum Gasteiger partial charge on any atom is 0.252 e. The third-order valence-electron chi connectivity index (χ3n) is 4.32. The Hall–Kier alpha value is -1.92. The first-order valence-electron chi connectivity index (χ1n) is 8.75. The van der Waals surface area contributed by atoms with Crippen molar-refractivity contribution in [1.82, 2.24) is 10.3 Å². The van der Waals surface area contributed by atoms with Crippen molar-refractivity contribution < 1.29 is 14.6 Å². The number of hydrogen-bond donors (Lipinski definition) is 2. The molecule has 5 nitrogen and oxygen atoms in total. The highest BCUT2D eigenvalue weighted by atomic mass is 32.1. The fourth-order valence-electron chi connectivity index (χ4n) is 2.89. The number of aliphatic hydroxyl groups excluding tert-OH is 1. The minimum Gasteiger partial charge on any atom is -0.490 e. The van der Waals surface area contributed by atoms with Gasteiger partial charge in [0.15, 0.2) is 6.10 Å². The number of aliphatic hydroxyl groups is 1. The molecule has 0 saturated carbocycles. The molecule has 1 amide bonds. The number of ether oxygens (including phenoxy) is 1. The average Bonchev–Trinajstić information content (AvgIpc) is 3.03. The second-order valence-corrected chi connectivity index (χ2v) is 7.49. The van der Waals surface area contributed by atoms with Crippen molar-refractivity contribution in [1.29, 1.82) is 0 Å². The van der Waals surface area contributed by atoms with E-state index in [4.69, 9.17) is 4.74 Å². The Labute approximate surface area is 152 Å². The number of amides is 1. The van der Waals surface area contributed by atoms with Gasteiger partial charge in [0.1, 0.15) is 12.4 Å². The molecule has 0 radical (unpaired) electrons. The number of aromatic nitrogens is 1. The van der Waals surface area contributed by atoms with Gasteiger partial charge in [-0.05, 0) is 44.2 Å². The van der Waals surface area contributed by atoms with Crippen molar-refractivity contribution in [2.45, 2.75) is 45.1 Å². The van der Waals surface area contributed by atoms with Gasteiger partial charge in [-0.1, -0.05) is 18.2 Å². The van der Waals surface area contributed by atoms with Crippen LogP contribution in [0.4, 0.5) is 0 Å². The molecule has 2 N–H and O–H groups in total. The van der Waals surface area contributed by atoms with Crippen LogP contribution in [0.5, 0.6) is 5.75 Å². The van der Waals surface area contributed by atoms with Crippen LogP contribution in [0, 0.1) is 6.92 Å². The van der Waals surface area contributed by atoms with Crippen LogP contribution in [0.3, 0.4) is 0 Å². The summed E-state index contributed by atoms with van der Waals surface area (Å²) >= 11 is 1.75. The number of para-hydroxylation sites is 1. The van der Waals surface area contributed by atoms with Crippen LogP contribution in [-0.4, -0.2) is 35.3 Å². The van der Waals surface area contributed by atoms with E-state index in [0.717, 1.165) is 23.4 Å². The first-order chi connectivity index (χ1) is 12.1. The monoisotopic (exact) mass is 360 g/mol. The van der Waals surface area contributed by atoms with Crippen LogP contribution in [0.15, 0.2) is 24.3 Å². The number of thiazole rings is 1. The summed E-state index contributed by atoms with van der Waals surface area (Å²) in [5, 5.41) is 13.8. The number of aryl methyl sites for hydroxylation is 3. The average molecular weight is 360 g/mol. The van der Waals surface area contributed by atoms with Crippen molar-refractivity contribution in [2.24, 2.45) is 0 Å². The number of fused-ring (bicyclic) bond motifs is 1. The molecular formula is C19H24N2O3S. The normalized spacial score (nSPS) is 14.6. The number of benzene rings is 1. The molecule has 1 aromatic carbocycles. The van der Waals surface area contributed by atoms with Gasteiger partial charge in [-0.3, -0.25) is 4.79 Å². The zero-order valence-corrected chi connectivity index (χ0v) is 15.3. The van der Waals surface area contributed by atoms with Gasteiger partial charge in [0.2, 0.25) is 0 Å². The standard InChI is InChI=1S/C19H24N2O3S/c1-13-6-2-4-8-16(13)24-12-15(22)19(23)20-11-10-18-21-14-7-3-5-9-17(14)25-18/h2,4,6,8,15,22H,3,5,7,9-12H2,1H3,(H,20,23). The quantitative estimate of drug-likeness (QED) is 0.795. The molecule has 0 saturated heterocycles. The summed E-state index contributed by atoms with van der Waals surface area (Å²) in [4.78, 5) is 18.0. The third kappa shape index (κ3) is 4.80. The minimum atomic E-state index is -1.18. The van der Waals surface area contributed by atoms with Crippen LogP contribution in [-0.2, 0) is 24.1 Å². The van der Waals surface area contributed by atoms with Crippen molar-refractivity contribution in [3.8, 4) is 5.75 Å². The summed E-state index contributed by atoms with van der Waals surface area (Å²) in [6.45, 7) is 2.35. The molecule has 6 heteroatoms. The predicted molar refractivity (Wildman–Crippen MR) is 98.2 cm³/mol. The van der Waals surface area contributed by atoms with E-state index in [0.29, 0.717) is 18.7 Å². The van der Waals surface area contributed by atoms with Gasteiger partial charge in [-0.2, -0.15) is 0 Å². The molecule has 0 fully saturated rings. The van der Waals surface area contributed by atoms with E-state index < -0.39 is 12.0 Å². The van der Waals surface area contributed by atoms with E-state index in [9.17, 15) is 9.90 Å². The molecule has 1 aliphatic carbocycles. The van der Waals surface area contributed by atoms with Crippen molar-refractivity contribution >= 4 is 17.2 Å². The molecule has 25 heavy (non-hydrogen) atoms. The Morgan fingerprint density at radius 3 is 2.96 bits per heavy atom. The summed E-state index contributed by atoms with van der Waals surface area (Å²) < 4.78 is 5.52. The summed E-state index contributed by atoms with van der Waals surface area (Å²) in [5.41, 5.74) is 2.21. The maximum absolute atomic E-state index is 12.0. The van der Waals surface area contributed by atoms with Crippen LogP contribution in [0.25, 0.3) is 0 Å². The Bertz CT molecular complexity index is 706. The van der Waals surface area contributed by atoms with Crippen LogP contribution < -0.4 is 10.1 Å². The number of carbonyl (C=O) groups is 1. The second-order valence-electron chi connectivity index (χ2n) is 6.32. The van der Waals surface area contributed by atoms with E-state index >= 15 is 0 Å². The number of rotatable bonds is 7. The first kappa shape index (κ1) is 17.9. The topological polar surface area (TPSA) is 71.5 Å². The van der Waals surface area contributed by atoms with Gasteiger partial charge in [-0.25, -0.2) is 4.98 Å². The molecule has 134 valence electrons. The van der Waals surface area contributed by atoms with Gasteiger partial charge < -0.3 is 15.2 Å². The van der Waals surface area contributed by atoms with E-state index in [2.05, 4.69) is 10.3 Å². The van der Waals surface area contributed by atoms with E-state index in [1.165, 1.54) is 23.4 Å². The lowest BCUT2D eigenvalue weighted by Crippen LogP contribution is -2.39. The second kappa shape index (κ2) is 8.45. The molecule has 0 bridgehead atoms. The third-order valence-corrected chi connectivity index (χ3v) is 5.54. The molecule has 2 aromatic rings. The van der Waals surface area contributed by atoms with Gasteiger partial charge in [0.05, 0.1) is 10.7 Å². The van der Waals surface area contributed by atoms with Crippen LogP contribution in [0.2, 0.25) is 0 Å². The highest BCUT2D eigenvalue weighted by Gasteiger charge is 2.17. The van der Waals surface area contributed by atoms with Crippen molar-refractivity contribution in [2.75, 3.05) is 13.2 Å². The largest absolute Gasteiger partial charge is 0.490 e. The Morgan fingerprint density at radius 1 is 1.36 bits per heavy atom.